The van der Waals surface area contributed by atoms with Crippen molar-refractivity contribution < 1.29 is 9.32 Å². The van der Waals surface area contributed by atoms with E-state index in [0.29, 0.717) is 11.3 Å². The van der Waals surface area contributed by atoms with Crippen LogP contribution in [-0.4, -0.2) is 10.4 Å². The third-order valence-corrected chi connectivity index (χ3v) is 2.28. The number of rotatable bonds is 1. The Balaban J connectivity index is 0.000000121. The number of hydrogen-bond acceptors (Lipinski definition) is 3. The van der Waals surface area contributed by atoms with Gasteiger partial charge in [0.15, 0.2) is 0 Å². The maximum absolute atomic E-state index is 10.4. The second-order valence-electron chi connectivity index (χ2n) is 3.15. The van der Waals surface area contributed by atoms with E-state index in [-0.39, 0.29) is 0 Å². The highest BCUT2D eigenvalue weighted by Crippen LogP contribution is 2.32. The van der Waals surface area contributed by atoms with Crippen LogP contribution in [0.1, 0.15) is 16.1 Å². The first-order chi connectivity index (χ1) is 7.18. The van der Waals surface area contributed by atoms with Crippen LogP contribution < -0.4 is 0 Å². The fraction of sp³-hybridized carbons (Fsp3) is 0.0909. The molecule has 4 heteroatoms. The molecule has 0 aliphatic heterocycles. The number of benzene rings is 1. The zero-order valence-corrected chi connectivity index (χ0v) is 8.78. The first-order valence-corrected chi connectivity index (χ1v) is 4.78. The number of fused-ring (bicyclic) bond motifs is 1. The maximum atomic E-state index is 10.4. The van der Waals surface area contributed by atoms with Crippen LogP contribution in [0.15, 0.2) is 35.0 Å². The van der Waals surface area contributed by atoms with Crippen molar-refractivity contribution >= 4 is 16.8 Å². The minimum atomic E-state index is -0.534. The number of carbonyl (C=O) groups excluding carboxylic acids is 1. The molecule has 3 nitrogen and oxygen atoms in total. The van der Waals surface area contributed by atoms with E-state index in [4.69, 9.17) is 11.6 Å². The second-order valence-corrected chi connectivity index (χ2v) is 3.49. The van der Waals surface area contributed by atoms with Crippen LogP contribution in [-0.2, 0) is 0 Å². The highest BCUT2D eigenvalue weighted by atomic mass is 35.5. The third kappa shape index (κ3) is 2.25. The highest BCUT2D eigenvalue weighted by Gasteiger charge is 2.08. The highest BCUT2D eigenvalue weighted by molar-refractivity contribution is 6.67. The van der Waals surface area contributed by atoms with Crippen molar-refractivity contribution in [3.63, 3.8) is 0 Å². The van der Waals surface area contributed by atoms with Gasteiger partial charge in [-0.3, -0.25) is 4.79 Å². The van der Waals surface area contributed by atoms with Crippen molar-refractivity contribution in [2.24, 2.45) is 0 Å². The van der Waals surface area contributed by atoms with Gasteiger partial charge in [0.25, 0.3) is 5.24 Å². The molecule has 2 aliphatic carbocycles. The van der Waals surface area contributed by atoms with Crippen molar-refractivity contribution in [3.05, 3.63) is 41.8 Å². The fourth-order valence-electron chi connectivity index (χ4n) is 1.16. The summed E-state index contributed by atoms with van der Waals surface area (Å²) in [7, 11) is 0. The molecule has 1 aromatic rings. The lowest BCUT2D eigenvalue weighted by atomic mass is 10.3. The standard InChI is InChI=1S/C6H4.C5H4ClNO2/c1-2-5-4-6(5)3-1;1-3-4(5(6)8)2-7-9-3/h1-4H;2H,1H3. The van der Waals surface area contributed by atoms with Gasteiger partial charge in [0.05, 0.1) is 11.8 Å². The first kappa shape index (κ1) is 9.93. The lowest BCUT2D eigenvalue weighted by molar-refractivity contribution is 0.108. The average molecular weight is 222 g/mol. The van der Waals surface area contributed by atoms with Gasteiger partial charge in [-0.2, -0.15) is 0 Å². The summed E-state index contributed by atoms with van der Waals surface area (Å²) >= 11 is 5.11. The van der Waals surface area contributed by atoms with E-state index in [1.54, 1.807) is 6.92 Å². The summed E-state index contributed by atoms with van der Waals surface area (Å²) in [6, 6.07) is 8.48. The molecule has 15 heavy (non-hydrogen) atoms. The zero-order chi connectivity index (χ0) is 10.8. The van der Waals surface area contributed by atoms with Gasteiger partial charge in [0, 0.05) is 0 Å². The normalized spacial score (nSPS) is 10.3. The molecule has 0 saturated carbocycles. The Kier molecular flexibility index (Phi) is 2.56. The van der Waals surface area contributed by atoms with E-state index in [1.807, 2.05) is 0 Å². The van der Waals surface area contributed by atoms with Crippen molar-refractivity contribution in [2.45, 2.75) is 6.92 Å². The quantitative estimate of drug-likeness (QED) is 0.594. The van der Waals surface area contributed by atoms with Gasteiger partial charge in [-0.15, -0.1) is 0 Å². The van der Waals surface area contributed by atoms with Crippen LogP contribution in [0.5, 0.6) is 0 Å². The van der Waals surface area contributed by atoms with Crippen molar-refractivity contribution in [1.29, 1.82) is 0 Å². The summed E-state index contributed by atoms with van der Waals surface area (Å²) in [5, 5.41) is 2.83. The third-order valence-electron chi connectivity index (χ3n) is 2.08. The Labute approximate surface area is 91.6 Å². The summed E-state index contributed by atoms with van der Waals surface area (Å²) in [6.45, 7) is 1.63. The van der Waals surface area contributed by atoms with Crippen molar-refractivity contribution in [2.75, 3.05) is 0 Å². The topological polar surface area (TPSA) is 43.1 Å². The fourth-order valence-corrected chi connectivity index (χ4v) is 1.34. The molecule has 2 aliphatic rings. The Bertz CT molecular complexity index is 488. The van der Waals surface area contributed by atoms with Crippen LogP contribution in [0.4, 0.5) is 0 Å². The molecular weight excluding hydrogens is 214 g/mol. The van der Waals surface area contributed by atoms with Crippen molar-refractivity contribution in [3.8, 4) is 11.1 Å². The lowest BCUT2D eigenvalue weighted by Crippen LogP contribution is -1.86. The largest absolute Gasteiger partial charge is 0.361 e. The Morgan fingerprint density at radius 2 is 2.07 bits per heavy atom. The predicted octanol–water partition coefficient (Wildman–Crippen LogP) is 3.03. The SMILES string of the molecule is Cc1oncc1C(=O)Cl.c1cc2cc-2c1. The molecule has 0 atom stereocenters. The number of nitrogens with zero attached hydrogens (tertiary/aromatic N) is 1. The molecular formula is C11H8ClNO2. The molecule has 0 radical (unpaired) electrons. The van der Waals surface area contributed by atoms with E-state index in [9.17, 15) is 4.79 Å². The number of aromatic nitrogens is 1. The predicted molar refractivity (Wildman–Crippen MR) is 56.9 cm³/mol. The second kappa shape index (κ2) is 3.87. The smallest absolute Gasteiger partial charge is 0.257 e. The van der Waals surface area contributed by atoms with Crippen LogP contribution >= 0.6 is 11.6 Å². The molecule has 0 aromatic carbocycles. The van der Waals surface area contributed by atoms with E-state index in [1.165, 1.54) is 17.3 Å². The Hall–Kier alpha value is -1.61. The molecule has 0 saturated heterocycles. The zero-order valence-electron chi connectivity index (χ0n) is 8.03. The molecule has 0 bridgehead atoms. The van der Waals surface area contributed by atoms with Gasteiger partial charge < -0.3 is 4.52 Å². The van der Waals surface area contributed by atoms with Gasteiger partial charge in [-0.05, 0) is 35.7 Å². The summed E-state index contributed by atoms with van der Waals surface area (Å²) in [6.07, 6.45) is 1.30. The van der Waals surface area contributed by atoms with Crippen LogP contribution in [0.25, 0.3) is 11.1 Å². The molecule has 0 spiro atoms. The molecule has 0 unspecified atom stereocenters. The minimum absolute atomic E-state index is 0.330. The maximum Gasteiger partial charge on any atom is 0.257 e. The Morgan fingerprint density at radius 1 is 1.40 bits per heavy atom. The van der Waals surface area contributed by atoms with Gasteiger partial charge in [0.2, 0.25) is 0 Å². The summed E-state index contributed by atoms with van der Waals surface area (Å²) in [5.74, 6) is 0.454. The lowest BCUT2D eigenvalue weighted by Gasteiger charge is -1.81. The number of aryl methyl sites for hydroxylation is 1. The minimum Gasteiger partial charge on any atom is -0.361 e. The first-order valence-electron chi connectivity index (χ1n) is 4.40. The summed E-state index contributed by atoms with van der Waals surface area (Å²) in [5.41, 5.74) is 3.18. The van der Waals surface area contributed by atoms with Crippen LogP contribution in [0.3, 0.4) is 0 Å². The van der Waals surface area contributed by atoms with E-state index >= 15 is 0 Å². The number of hydrogen-bond donors (Lipinski definition) is 0. The molecule has 76 valence electrons. The summed E-state index contributed by atoms with van der Waals surface area (Å²) in [4.78, 5) is 10.4. The monoisotopic (exact) mass is 221 g/mol. The van der Waals surface area contributed by atoms with Crippen LogP contribution in [0.2, 0.25) is 0 Å². The average Bonchev–Trinajstić information content (AvgIpc) is 2.65. The molecule has 0 N–H and O–H groups in total. The summed E-state index contributed by atoms with van der Waals surface area (Å²) < 4.78 is 4.57. The molecule has 0 amide bonds. The molecule has 1 heterocycles. The van der Waals surface area contributed by atoms with Crippen molar-refractivity contribution in [1.82, 2.24) is 5.16 Å². The van der Waals surface area contributed by atoms with Gasteiger partial charge in [0.1, 0.15) is 5.76 Å². The number of carbonyl (C=O) groups is 1. The van der Waals surface area contributed by atoms with Gasteiger partial charge >= 0.3 is 0 Å². The van der Waals surface area contributed by atoms with E-state index in [2.05, 4.69) is 33.9 Å². The van der Waals surface area contributed by atoms with E-state index < -0.39 is 5.24 Å². The van der Waals surface area contributed by atoms with Crippen LogP contribution in [0, 0.1) is 6.92 Å². The molecule has 1 aromatic heterocycles. The van der Waals surface area contributed by atoms with Gasteiger partial charge in [-0.1, -0.05) is 23.4 Å². The Morgan fingerprint density at radius 3 is 2.27 bits per heavy atom. The number of halogens is 1. The molecule has 0 fully saturated rings. The van der Waals surface area contributed by atoms with Gasteiger partial charge in [-0.25, -0.2) is 0 Å². The molecule has 3 rings (SSSR count). The van der Waals surface area contributed by atoms with E-state index in [0.717, 1.165) is 0 Å².